The molecule has 5 heteroatoms. The minimum Gasteiger partial charge on any atom is -0.310 e. The smallest absolute Gasteiger partial charge is 0.243 e. The highest BCUT2D eigenvalue weighted by molar-refractivity contribution is 7.89. The van der Waals surface area contributed by atoms with E-state index in [4.69, 9.17) is 0 Å². The van der Waals surface area contributed by atoms with Gasteiger partial charge in [-0.15, -0.1) is 6.58 Å². The fraction of sp³-hybridized carbons (Fsp3) is 0.429. The minimum absolute atomic E-state index is 0.302. The molecule has 1 aromatic rings. The second kappa shape index (κ2) is 6.84. The summed E-state index contributed by atoms with van der Waals surface area (Å²) in [5.41, 5.74) is 0.960. The van der Waals surface area contributed by atoms with Gasteiger partial charge < -0.3 is 5.32 Å². The molecule has 0 saturated heterocycles. The van der Waals surface area contributed by atoms with E-state index in [1.807, 2.05) is 6.07 Å². The average Bonchev–Trinajstić information content (AvgIpc) is 2.37. The SMILES string of the molecule is C=CCN(C)S(=O)(=O)c1cccc(CNC(C)C)c1. The van der Waals surface area contributed by atoms with E-state index in [9.17, 15) is 8.42 Å². The van der Waals surface area contributed by atoms with Crippen LogP contribution in [0.2, 0.25) is 0 Å². The summed E-state index contributed by atoms with van der Waals surface area (Å²) >= 11 is 0. The summed E-state index contributed by atoms with van der Waals surface area (Å²) in [6.07, 6.45) is 1.57. The highest BCUT2D eigenvalue weighted by Crippen LogP contribution is 2.16. The van der Waals surface area contributed by atoms with E-state index in [-0.39, 0.29) is 0 Å². The van der Waals surface area contributed by atoms with E-state index in [0.717, 1.165) is 5.56 Å². The number of hydrogen-bond acceptors (Lipinski definition) is 3. The quantitative estimate of drug-likeness (QED) is 0.778. The monoisotopic (exact) mass is 282 g/mol. The van der Waals surface area contributed by atoms with Crippen LogP contribution in [0.1, 0.15) is 19.4 Å². The molecule has 19 heavy (non-hydrogen) atoms. The Morgan fingerprint density at radius 1 is 1.42 bits per heavy atom. The molecule has 0 bridgehead atoms. The second-order valence-corrected chi connectivity index (χ2v) is 6.80. The van der Waals surface area contributed by atoms with E-state index in [2.05, 4.69) is 25.7 Å². The van der Waals surface area contributed by atoms with Crippen molar-refractivity contribution in [2.24, 2.45) is 0 Å². The van der Waals surface area contributed by atoms with Crippen LogP contribution in [0.3, 0.4) is 0 Å². The van der Waals surface area contributed by atoms with Gasteiger partial charge in [0.2, 0.25) is 10.0 Å². The molecule has 1 rings (SSSR count). The number of nitrogens with one attached hydrogen (secondary N) is 1. The van der Waals surface area contributed by atoms with Crippen molar-refractivity contribution in [3.05, 3.63) is 42.5 Å². The molecule has 0 fully saturated rings. The molecular weight excluding hydrogens is 260 g/mol. The van der Waals surface area contributed by atoms with Crippen LogP contribution in [0, 0.1) is 0 Å². The number of rotatable bonds is 7. The Kier molecular flexibility index (Phi) is 5.72. The number of nitrogens with zero attached hydrogens (tertiary/aromatic N) is 1. The van der Waals surface area contributed by atoms with Gasteiger partial charge in [0.1, 0.15) is 0 Å². The first-order valence-corrected chi connectivity index (χ1v) is 7.71. The van der Waals surface area contributed by atoms with E-state index in [1.54, 1.807) is 31.3 Å². The second-order valence-electron chi connectivity index (χ2n) is 4.76. The Morgan fingerprint density at radius 2 is 2.11 bits per heavy atom. The lowest BCUT2D eigenvalue weighted by atomic mass is 10.2. The van der Waals surface area contributed by atoms with Crippen molar-refractivity contribution < 1.29 is 8.42 Å². The summed E-state index contributed by atoms with van der Waals surface area (Å²) in [4.78, 5) is 0.319. The zero-order valence-corrected chi connectivity index (χ0v) is 12.6. The van der Waals surface area contributed by atoms with Gasteiger partial charge in [0.05, 0.1) is 4.90 Å². The van der Waals surface area contributed by atoms with Crippen molar-refractivity contribution in [1.82, 2.24) is 9.62 Å². The standard InChI is InChI=1S/C14H22N2O2S/c1-5-9-16(4)19(17,18)14-8-6-7-13(10-14)11-15-12(2)3/h5-8,10,12,15H,1,9,11H2,2-4H3. The molecule has 0 aliphatic heterocycles. The fourth-order valence-corrected chi connectivity index (χ4v) is 2.81. The molecule has 106 valence electrons. The Morgan fingerprint density at radius 3 is 2.68 bits per heavy atom. The molecule has 4 nitrogen and oxygen atoms in total. The van der Waals surface area contributed by atoms with Crippen molar-refractivity contribution in [2.45, 2.75) is 31.3 Å². The predicted molar refractivity (Wildman–Crippen MR) is 78.4 cm³/mol. The maximum Gasteiger partial charge on any atom is 0.243 e. The van der Waals surface area contributed by atoms with Gasteiger partial charge in [-0.2, -0.15) is 4.31 Å². The van der Waals surface area contributed by atoms with E-state index >= 15 is 0 Å². The molecule has 0 aliphatic carbocycles. The van der Waals surface area contributed by atoms with Crippen LogP contribution in [0.4, 0.5) is 0 Å². The Bertz CT molecular complexity index is 524. The highest BCUT2D eigenvalue weighted by atomic mass is 32.2. The van der Waals surface area contributed by atoms with Crippen LogP contribution in [0.15, 0.2) is 41.8 Å². The maximum absolute atomic E-state index is 12.3. The predicted octanol–water partition coefficient (Wildman–Crippen LogP) is 1.99. The molecule has 0 atom stereocenters. The third-order valence-electron chi connectivity index (χ3n) is 2.71. The summed E-state index contributed by atoms with van der Waals surface area (Å²) in [5, 5.41) is 3.27. The number of sulfonamides is 1. The molecule has 0 unspecified atom stereocenters. The van der Waals surface area contributed by atoms with Gasteiger partial charge in [-0.3, -0.25) is 0 Å². The van der Waals surface area contributed by atoms with Crippen LogP contribution in [-0.2, 0) is 16.6 Å². The van der Waals surface area contributed by atoms with Gasteiger partial charge in [0.25, 0.3) is 0 Å². The molecule has 1 aromatic carbocycles. The summed E-state index contributed by atoms with van der Waals surface area (Å²) < 4.78 is 25.8. The average molecular weight is 282 g/mol. The van der Waals surface area contributed by atoms with Crippen molar-refractivity contribution in [1.29, 1.82) is 0 Å². The summed E-state index contributed by atoms with van der Waals surface area (Å²) in [6.45, 7) is 8.63. The minimum atomic E-state index is -3.43. The third-order valence-corrected chi connectivity index (χ3v) is 4.53. The van der Waals surface area contributed by atoms with Crippen molar-refractivity contribution in [3.63, 3.8) is 0 Å². The topological polar surface area (TPSA) is 49.4 Å². The highest BCUT2D eigenvalue weighted by Gasteiger charge is 2.19. The van der Waals surface area contributed by atoms with Gasteiger partial charge in [-0.1, -0.05) is 32.1 Å². The van der Waals surface area contributed by atoms with Crippen LogP contribution in [0.5, 0.6) is 0 Å². The van der Waals surface area contributed by atoms with Crippen LogP contribution < -0.4 is 5.32 Å². The molecule has 0 heterocycles. The van der Waals surface area contributed by atoms with Crippen LogP contribution in [0.25, 0.3) is 0 Å². The van der Waals surface area contributed by atoms with E-state index in [0.29, 0.717) is 24.0 Å². The molecule has 0 amide bonds. The van der Waals surface area contributed by atoms with Gasteiger partial charge in [0, 0.05) is 26.2 Å². The van der Waals surface area contributed by atoms with Crippen LogP contribution in [-0.4, -0.2) is 32.4 Å². The van der Waals surface area contributed by atoms with Gasteiger partial charge >= 0.3 is 0 Å². The fourth-order valence-electron chi connectivity index (χ4n) is 1.60. The molecule has 0 radical (unpaired) electrons. The number of benzene rings is 1. The number of hydrogen-bond donors (Lipinski definition) is 1. The lowest BCUT2D eigenvalue weighted by molar-refractivity contribution is 0.499. The summed E-state index contributed by atoms with van der Waals surface area (Å²) in [6, 6.07) is 7.38. The van der Waals surface area contributed by atoms with Crippen LogP contribution >= 0.6 is 0 Å². The lowest BCUT2D eigenvalue weighted by Crippen LogP contribution is -2.27. The Labute approximate surface area is 116 Å². The first kappa shape index (κ1) is 15.9. The first-order valence-electron chi connectivity index (χ1n) is 6.27. The van der Waals surface area contributed by atoms with E-state index < -0.39 is 10.0 Å². The van der Waals surface area contributed by atoms with E-state index in [1.165, 1.54) is 4.31 Å². The normalized spacial score (nSPS) is 12.1. The summed E-state index contributed by atoms with van der Waals surface area (Å²) in [5.74, 6) is 0. The van der Waals surface area contributed by atoms with Gasteiger partial charge in [0.15, 0.2) is 0 Å². The van der Waals surface area contributed by atoms with Gasteiger partial charge in [-0.05, 0) is 17.7 Å². The molecule has 0 spiro atoms. The lowest BCUT2D eigenvalue weighted by Gasteiger charge is -2.16. The van der Waals surface area contributed by atoms with Crippen molar-refractivity contribution >= 4 is 10.0 Å². The Balaban J connectivity index is 2.95. The molecule has 0 aliphatic rings. The first-order chi connectivity index (χ1) is 8.87. The summed E-state index contributed by atoms with van der Waals surface area (Å²) in [7, 11) is -1.88. The van der Waals surface area contributed by atoms with Crippen molar-refractivity contribution in [3.8, 4) is 0 Å². The Hall–Kier alpha value is -1.17. The third kappa shape index (κ3) is 4.45. The zero-order chi connectivity index (χ0) is 14.5. The van der Waals surface area contributed by atoms with Crippen molar-refractivity contribution in [2.75, 3.05) is 13.6 Å². The zero-order valence-electron chi connectivity index (χ0n) is 11.8. The molecule has 0 aromatic heterocycles. The molecule has 0 saturated carbocycles. The van der Waals surface area contributed by atoms with Gasteiger partial charge in [-0.25, -0.2) is 8.42 Å². The largest absolute Gasteiger partial charge is 0.310 e. The molecule has 1 N–H and O–H groups in total. The molecular formula is C14H22N2O2S. The maximum atomic E-state index is 12.3. The number of likely N-dealkylation sites (N-methyl/N-ethyl adjacent to an activating group) is 1.